The van der Waals surface area contributed by atoms with Crippen molar-refractivity contribution in [1.29, 1.82) is 5.26 Å². The van der Waals surface area contributed by atoms with Gasteiger partial charge in [-0.3, -0.25) is 4.79 Å². The van der Waals surface area contributed by atoms with Gasteiger partial charge in [0.2, 0.25) is 0 Å². The van der Waals surface area contributed by atoms with Crippen LogP contribution in [0.15, 0.2) is 42.0 Å². The molecule has 0 aliphatic rings. The summed E-state index contributed by atoms with van der Waals surface area (Å²) in [6.45, 7) is 9.31. The van der Waals surface area contributed by atoms with Gasteiger partial charge in [0.05, 0.1) is 0 Å². The zero-order valence-electron chi connectivity index (χ0n) is 10.3. The van der Waals surface area contributed by atoms with Gasteiger partial charge in [0.25, 0.3) is 0 Å². The first kappa shape index (κ1) is 13.6. The first-order chi connectivity index (χ1) is 8.62. The van der Waals surface area contributed by atoms with Crippen molar-refractivity contribution in [3.05, 3.63) is 53.7 Å². The number of hydrogen-bond donors (Lipinski definition) is 0. The molecule has 0 N–H and O–H groups in total. The number of nitrogens with zero attached hydrogens (tertiary/aromatic N) is 2. The van der Waals surface area contributed by atoms with Gasteiger partial charge in [0.1, 0.15) is 18.1 Å². The third-order valence-corrected chi connectivity index (χ3v) is 2.53. The summed E-state index contributed by atoms with van der Waals surface area (Å²) in [5.41, 5.74) is 3.35. The summed E-state index contributed by atoms with van der Waals surface area (Å²) in [7, 11) is 0. The Hall–Kier alpha value is -2.47. The van der Waals surface area contributed by atoms with E-state index in [0.717, 1.165) is 23.8 Å². The van der Waals surface area contributed by atoms with Crippen molar-refractivity contribution in [2.75, 3.05) is 0 Å². The molecule has 1 aromatic carbocycles. The Kier molecular flexibility index (Phi) is 4.77. The van der Waals surface area contributed by atoms with Crippen LogP contribution in [0.1, 0.15) is 28.4 Å². The van der Waals surface area contributed by atoms with Crippen molar-refractivity contribution in [3.8, 4) is 6.07 Å². The van der Waals surface area contributed by atoms with Gasteiger partial charge < -0.3 is 0 Å². The highest BCUT2D eigenvalue weighted by Gasteiger charge is 2.03. The van der Waals surface area contributed by atoms with E-state index in [1.54, 1.807) is 6.07 Å². The quantitative estimate of drug-likeness (QED) is 0.449. The van der Waals surface area contributed by atoms with E-state index in [1.807, 2.05) is 25.1 Å². The number of allylic oxidation sites excluding steroid dienone is 2. The number of aliphatic imine (C=N–C) groups is 1. The molecule has 1 aromatic rings. The van der Waals surface area contributed by atoms with Gasteiger partial charge in [-0.2, -0.15) is 5.26 Å². The minimum absolute atomic E-state index is 0.136. The van der Waals surface area contributed by atoms with Crippen LogP contribution < -0.4 is 0 Å². The molecule has 0 spiro atoms. The molecule has 90 valence electrons. The predicted molar refractivity (Wildman–Crippen MR) is 73.5 cm³/mol. The molecule has 0 atom stereocenters. The average Bonchev–Trinajstić information content (AvgIpc) is 2.43. The van der Waals surface area contributed by atoms with Crippen LogP contribution in [0, 0.1) is 11.3 Å². The van der Waals surface area contributed by atoms with Gasteiger partial charge >= 0.3 is 0 Å². The topological polar surface area (TPSA) is 53.2 Å². The molecule has 1 rings (SSSR count). The summed E-state index contributed by atoms with van der Waals surface area (Å²) in [6.07, 6.45) is 3.12. The van der Waals surface area contributed by atoms with E-state index in [9.17, 15) is 4.79 Å². The van der Waals surface area contributed by atoms with E-state index >= 15 is 0 Å². The van der Waals surface area contributed by atoms with Gasteiger partial charge in [-0.15, -0.1) is 0 Å². The Morgan fingerprint density at radius 3 is 2.78 bits per heavy atom. The van der Waals surface area contributed by atoms with E-state index in [1.165, 1.54) is 6.21 Å². The molecule has 0 unspecified atom stereocenters. The minimum atomic E-state index is 0.136. The van der Waals surface area contributed by atoms with E-state index in [-0.39, 0.29) is 5.70 Å². The largest absolute Gasteiger partial charge is 0.298 e. The molecule has 0 fully saturated rings. The van der Waals surface area contributed by atoms with Crippen LogP contribution in [0.3, 0.4) is 0 Å². The number of aldehydes is 1. The molecule has 0 aliphatic carbocycles. The van der Waals surface area contributed by atoms with Crippen LogP contribution in [0.4, 0.5) is 0 Å². The predicted octanol–water partition coefficient (Wildman–Crippen LogP) is 3.18. The SMILES string of the molecule is C=C(C#N)N=CC(=C)c1ccc(C=O)c(CC)c1. The fraction of sp³-hybridized carbons (Fsp3) is 0.133. The standard InChI is InChI=1S/C15H14N2O/c1-4-13-7-14(5-6-15(13)10-18)11(2)9-17-12(3)8-16/h5-7,9-10H,2-4H2,1H3. The summed E-state index contributed by atoms with van der Waals surface area (Å²) in [4.78, 5) is 14.7. The first-order valence-corrected chi connectivity index (χ1v) is 5.52. The zero-order chi connectivity index (χ0) is 13.5. The van der Waals surface area contributed by atoms with Crippen molar-refractivity contribution in [1.82, 2.24) is 0 Å². The van der Waals surface area contributed by atoms with Crippen LogP contribution >= 0.6 is 0 Å². The minimum Gasteiger partial charge on any atom is -0.298 e. The van der Waals surface area contributed by atoms with Crippen molar-refractivity contribution >= 4 is 18.1 Å². The van der Waals surface area contributed by atoms with Crippen molar-refractivity contribution in [3.63, 3.8) is 0 Å². The maximum atomic E-state index is 10.8. The molecule has 0 bridgehead atoms. The smallest absolute Gasteiger partial charge is 0.150 e. The molecule has 3 heteroatoms. The average molecular weight is 238 g/mol. The Labute approximate surface area is 107 Å². The van der Waals surface area contributed by atoms with Crippen molar-refractivity contribution < 1.29 is 4.79 Å². The number of carbonyl (C=O) groups is 1. The first-order valence-electron chi connectivity index (χ1n) is 5.52. The van der Waals surface area contributed by atoms with Gasteiger partial charge in [-0.25, -0.2) is 4.99 Å². The fourth-order valence-corrected chi connectivity index (χ4v) is 1.49. The monoisotopic (exact) mass is 238 g/mol. The lowest BCUT2D eigenvalue weighted by Crippen LogP contribution is -1.94. The molecule has 0 saturated carbocycles. The van der Waals surface area contributed by atoms with Crippen LogP contribution in [-0.4, -0.2) is 12.5 Å². The number of benzene rings is 1. The number of carbonyl (C=O) groups excluding carboxylic acids is 1. The van der Waals surface area contributed by atoms with Gasteiger partial charge in [-0.05, 0) is 23.1 Å². The molecule has 0 aliphatic heterocycles. The fourth-order valence-electron chi connectivity index (χ4n) is 1.49. The van der Waals surface area contributed by atoms with E-state index in [4.69, 9.17) is 5.26 Å². The number of hydrogen-bond acceptors (Lipinski definition) is 3. The lowest BCUT2D eigenvalue weighted by atomic mass is 9.99. The maximum Gasteiger partial charge on any atom is 0.150 e. The van der Waals surface area contributed by atoms with Gasteiger partial charge in [0.15, 0.2) is 0 Å². The normalized spacial score (nSPS) is 10.0. The van der Waals surface area contributed by atoms with E-state index in [2.05, 4.69) is 18.2 Å². The lowest BCUT2D eigenvalue weighted by Gasteiger charge is -2.05. The second kappa shape index (κ2) is 6.31. The third-order valence-electron chi connectivity index (χ3n) is 2.53. The van der Waals surface area contributed by atoms with Crippen LogP contribution in [0.25, 0.3) is 5.57 Å². The molecular formula is C15H14N2O. The Balaban J connectivity index is 3.01. The summed E-state index contributed by atoms with van der Waals surface area (Å²) < 4.78 is 0. The van der Waals surface area contributed by atoms with Crippen molar-refractivity contribution in [2.45, 2.75) is 13.3 Å². The Bertz CT molecular complexity index is 562. The molecular weight excluding hydrogens is 224 g/mol. The third kappa shape index (κ3) is 3.26. The highest BCUT2D eigenvalue weighted by molar-refractivity contribution is 6.09. The molecule has 0 amide bonds. The van der Waals surface area contributed by atoms with Gasteiger partial charge in [0, 0.05) is 11.8 Å². The second-order valence-electron chi connectivity index (χ2n) is 3.73. The van der Waals surface area contributed by atoms with Crippen LogP contribution in [-0.2, 0) is 6.42 Å². The second-order valence-corrected chi connectivity index (χ2v) is 3.73. The van der Waals surface area contributed by atoms with Crippen LogP contribution in [0.5, 0.6) is 0 Å². The number of nitriles is 1. The summed E-state index contributed by atoms with van der Waals surface area (Å²) in [5, 5.41) is 8.54. The summed E-state index contributed by atoms with van der Waals surface area (Å²) in [5.74, 6) is 0. The van der Waals surface area contributed by atoms with Gasteiger partial charge in [-0.1, -0.05) is 38.3 Å². The highest BCUT2D eigenvalue weighted by atomic mass is 16.1. The molecule has 3 nitrogen and oxygen atoms in total. The summed E-state index contributed by atoms with van der Waals surface area (Å²) >= 11 is 0. The number of rotatable bonds is 5. The van der Waals surface area contributed by atoms with Crippen LogP contribution in [0.2, 0.25) is 0 Å². The lowest BCUT2D eigenvalue weighted by molar-refractivity contribution is 0.112. The molecule has 0 heterocycles. The molecule has 18 heavy (non-hydrogen) atoms. The van der Waals surface area contributed by atoms with E-state index in [0.29, 0.717) is 11.1 Å². The number of aryl methyl sites for hydroxylation is 1. The molecule has 0 radical (unpaired) electrons. The highest BCUT2D eigenvalue weighted by Crippen LogP contribution is 2.16. The van der Waals surface area contributed by atoms with Crippen molar-refractivity contribution in [2.24, 2.45) is 4.99 Å². The Morgan fingerprint density at radius 2 is 2.22 bits per heavy atom. The zero-order valence-corrected chi connectivity index (χ0v) is 10.3. The summed E-state index contributed by atoms with van der Waals surface area (Å²) in [6, 6.07) is 7.32. The maximum absolute atomic E-state index is 10.8. The Morgan fingerprint density at radius 1 is 1.50 bits per heavy atom. The molecule has 0 aromatic heterocycles. The molecule has 0 saturated heterocycles. The van der Waals surface area contributed by atoms with E-state index < -0.39 is 0 Å².